The topological polar surface area (TPSA) is 65.5 Å². The molecule has 0 aliphatic carbocycles. The van der Waals surface area contributed by atoms with Crippen LogP contribution in [0.2, 0.25) is 0 Å². The first-order valence-electron chi connectivity index (χ1n) is 9.67. The summed E-state index contributed by atoms with van der Waals surface area (Å²) in [5, 5.41) is 2.74. The minimum absolute atomic E-state index is 0.0173. The summed E-state index contributed by atoms with van der Waals surface area (Å²) in [6, 6.07) is 13.4. The van der Waals surface area contributed by atoms with Crippen LogP contribution in [-0.4, -0.2) is 54.4 Å². The number of carbonyl (C=O) groups is 2. The molecule has 0 spiro atoms. The van der Waals surface area contributed by atoms with Gasteiger partial charge in [0.2, 0.25) is 5.91 Å². The molecule has 28 heavy (non-hydrogen) atoms. The fraction of sp³-hybridized carbons (Fsp3) is 0.409. The zero-order valence-corrected chi connectivity index (χ0v) is 16.8. The maximum absolute atomic E-state index is 12.4. The van der Waals surface area contributed by atoms with Gasteiger partial charge in [0, 0.05) is 37.9 Å². The molecular formula is C22H28N4O2. The van der Waals surface area contributed by atoms with Gasteiger partial charge >= 0.3 is 0 Å². The summed E-state index contributed by atoms with van der Waals surface area (Å²) in [7, 11) is 0. The molecule has 148 valence electrons. The van der Waals surface area contributed by atoms with Crippen LogP contribution >= 0.6 is 0 Å². The van der Waals surface area contributed by atoms with E-state index in [1.165, 1.54) is 5.56 Å². The van der Waals surface area contributed by atoms with Gasteiger partial charge in [-0.25, -0.2) is 4.98 Å². The lowest BCUT2D eigenvalue weighted by molar-refractivity contribution is -0.130. The lowest BCUT2D eigenvalue weighted by Crippen LogP contribution is -2.51. The number of hydrogen-bond donors (Lipinski definition) is 1. The van der Waals surface area contributed by atoms with Crippen molar-refractivity contribution >= 4 is 17.6 Å². The molecule has 1 N–H and O–H groups in total. The summed E-state index contributed by atoms with van der Waals surface area (Å²) < 4.78 is 0. The molecule has 2 heterocycles. The zero-order chi connectivity index (χ0) is 20.1. The van der Waals surface area contributed by atoms with Gasteiger partial charge < -0.3 is 15.1 Å². The van der Waals surface area contributed by atoms with Crippen LogP contribution in [0.25, 0.3) is 0 Å². The van der Waals surface area contributed by atoms with Gasteiger partial charge in [-0.1, -0.05) is 39.0 Å². The molecule has 0 unspecified atom stereocenters. The van der Waals surface area contributed by atoms with Gasteiger partial charge in [-0.2, -0.15) is 0 Å². The van der Waals surface area contributed by atoms with E-state index in [9.17, 15) is 9.59 Å². The number of amides is 2. The molecule has 6 heteroatoms. The number of nitrogens with zero attached hydrogens (tertiary/aromatic N) is 3. The van der Waals surface area contributed by atoms with E-state index in [1.807, 2.05) is 42.5 Å². The Morgan fingerprint density at radius 1 is 1.00 bits per heavy atom. The minimum atomic E-state index is -0.221. The first-order chi connectivity index (χ1) is 13.3. The van der Waals surface area contributed by atoms with E-state index >= 15 is 0 Å². The number of hydrogen-bond acceptors (Lipinski definition) is 4. The molecule has 1 aromatic carbocycles. The number of pyridine rings is 1. The van der Waals surface area contributed by atoms with Crippen molar-refractivity contribution in [1.82, 2.24) is 15.2 Å². The quantitative estimate of drug-likeness (QED) is 0.885. The van der Waals surface area contributed by atoms with E-state index in [4.69, 9.17) is 0 Å². The Labute approximate surface area is 166 Å². The van der Waals surface area contributed by atoms with E-state index in [0.29, 0.717) is 18.7 Å². The van der Waals surface area contributed by atoms with Crippen molar-refractivity contribution in [3.63, 3.8) is 0 Å². The Balaban J connectivity index is 1.47. The largest absolute Gasteiger partial charge is 0.353 e. The number of piperazine rings is 1. The predicted molar refractivity (Wildman–Crippen MR) is 111 cm³/mol. The van der Waals surface area contributed by atoms with Crippen molar-refractivity contribution < 1.29 is 9.59 Å². The molecule has 2 aromatic rings. The van der Waals surface area contributed by atoms with Gasteiger partial charge in [0.25, 0.3) is 5.91 Å². The molecule has 1 fully saturated rings. The molecule has 0 bridgehead atoms. The minimum Gasteiger partial charge on any atom is -0.353 e. The van der Waals surface area contributed by atoms with Crippen LogP contribution in [0.1, 0.15) is 36.7 Å². The molecular weight excluding hydrogens is 352 g/mol. The summed E-state index contributed by atoms with van der Waals surface area (Å²) in [6.07, 6.45) is 1.77. The second-order valence-corrected chi connectivity index (χ2v) is 8.07. The smallest absolute Gasteiger partial charge is 0.251 e. The van der Waals surface area contributed by atoms with Gasteiger partial charge in [0.1, 0.15) is 5.82 Å². The van der Waals surface area contributed by atoms with Crippen molar-refractivity contribution in [2.24, 2.45) is 0 Å². The molecule has 1 saturated heterocycles. The highest BCUT2D eigenvalue weighted by Gasteiger charge is 2.22. The highest BCUT2D eigenvalue weighted by Crippen LogP contribution is 2.22. The average molecular weight is 380 g/mol. The van der Waals surface area contributed by atoms with Crippen molar-refractivity contribution in [3.8, 4) is 0 Å². The monoisotopic (exact) mass is 380 g/mol. The fourth-order valence-corrected chi connectivity index (χ4v) is 3.22. The lowest BCUT2D eigenvalue weighted by atomic mass is 9.87. The molecule has 1 aromatic heterocycles. The summed E-state index contributed by atoms with van der Waals surface area (Å²) >= 11 is 0. The van der Waals surface area contributed by atoms with Gasteiger partial charge in [-0.05, 0) is 35.2 Å². The van der Waals surface area contributed by atoms with Crippen LogP contribution in [0.4, 0.5) is 5.82 Å². The second kappa shape index (κ2) is 8.42. The molecule has 6 nitrogen and oxygen atoms in total. The number of rotatable bonds is 4. The van der Waals surface area contributed by atoms with Crippen molar-refractivity contribution in [1.29, 1.82) is 0 Å². The molecule has 1 aliphatic heterocycles. The van der Waals surface area contributed by atoms with E-state index in [1.54, 1.807) is 11.1 Å². The molecule has 0 atom stereocenters. The Bertz CT molecular complexity index is 805. The van der Waals surface area contributed by atoms with Gasteiger partial charge in [-0.15, -0.1) is 0 Å². The van der Waals surface area contributed by atoms with Crippen molar-refractivity contribution in [2.45, 2.75) is 26.2 Å². The van der Waals surface area contributed by atoms with E-state index < -0.39 is 0 Å². The van der Waals surface area contributed by atoms with E-state index in [-0.39, 0.29) is 23.8 Å². The maximum Gasteiger partial charge on any atom is 0.251 e. The molecule has 1 aliphatic rings. The zero-order valence-electron chi connectivity index (χ0n) is 16.8. The van der Waals surface area contributed by atoms with Gasteiger partial charge in [0.15, 0.2) is 0 Å². The number of anilines is 1. The SMILES string of the molecule is CC(C)(C)c1ccc(C(=O)NCC(=O)N2CCN(c3ccccn3)CC2)cc1. The van der Waals surface area contributed by atoms with Crippen LogP contribution in [0.5, 0.6) is 0 Å². The third-order valence-electron chi connectivity index (χ3n) is 5.02. The Hall–Kier alpha value is -2.89. The number of carbonyl (C=O) groups excluding carboxylic acids is 2. The fourth-order valence-electron chi connectivity index (χ4n) is 3.22. The molecule has 2 amide bonds. The van der Waals surface area contributed by atoms with Gasteiger partial charge in [0.05, 0.1) is 6.54 Å². The van der Waals surface area contributed by atoms with Crippen LogP contribution < -0.4 is 10.2 Å². The highest BCUT2D eigenvalue weighted by atomic mass is 16.2. The van der Waals surface area contributed by atoms with Crippen molar-refractivity contribution in [2.75, 3.05) is 37.6 Å². The van der Waals surface area contributed by atoms with Crippen LogP contribution in [0, 0.1) is 0 Å². The van der Waals surface area contributed by atoms with E-state index in [2.05, 4.69) is 36.0 Å². The third-order valence-corrected chi connectivity index (χ3v) is 5.02. The second-order valence-electron chi connectivity index (χ2n) is 8.07. The standard InChI is InChI=1S/C22H28N4O2/c1-22(2,3)18-9-7-17(8-10-18)21(28)24-16-20(27)26-14-12-25(13-15-26)19-6-4-5-11-23-19/h4-11H,12-16H2,1-3H3,(H,24,28). The van der Waals surface area contributed by atoms with Crippen LogP contribution in [0.15, 0.2) is 48.7 Å². The predicted octanol–water partition coefficient (Wildman–Crippen LogP) is 2.46. The Morgan fingerprint density at radius 3 is 2.25 bits per heavy atom. The first kappa shape index (κ1) is 19.9. The normalized spacial score (nSPS) is 14.7. The first-order valence-corrected chi connectivity index (χ1v) is 9.67. The van der Waals surface area contributed by atoms with Gasteiger partial charge in [-0.3, -0.25) is 9.59 Å². The Morgan fingerprint density at radius 2 is 1.68 bits per heavy atom. The summed E-state index contributed by atoms with van der Waals surface area (Å²) in [5.74, 6) is 0.655. The number of benzene rings is 1. The summed E-state index contributed by atoms with van der Waals surface area (Å²) in [4.78, 5) is 33.1. The lowest BCUT2D eigenvalue weighted by Gasteiger charge is -2.35. The maximum atomic E-state index is 12.4. The van der Waals surface area contributed by atoms with Crippen LogP contribution in [0.3, 0.4) is 0 Å². The highest BCUT2D eigenvalue weighted by molar-refractivity contribution is 5.96. The molecule has 0 radical (unpaired) electrons. The third kappa shape index (κ3) is 4.88. The summed E-state index contributed by atoms with van der Waals surface area (Å²) in [6.45, 7) is 9.16. The Kier molecular flexibility index (Phi) is 5.97. The average Bonchev–Trinajstić information content (AvgIpc) is 2.72. The number of nitrogens with one attached hydrogen (secondary N) is 1. The van der Waals surface area contributed by atoms with Crippen molar-refractivity contribution in [3.05, 3.63) is 59.8 Å². The van der Waals surface area contributed by atoms with Crippen LogP contribution in [-0.2, 0) is 10.2 Å². The summed E-state index contributed by atoms with van der Waals surface area (Å²) in [5.41, 5.74) is 1.79. The molecule has 3 rings (SSSR count). The number of aromatic nitrogens is 1. The molecule has 0 saturated carbocycles. The van der Waals surface area contributed by atoms with E-state index in [0.717, 1.165) is 18.9 Å².